The number of aliphatic hydroxyl groups excluding tert-OH is 1. The maximum absolute atomic E-state index is 9.66. The lowest BCUT2D eigenvalue weighted by atomic mass is 10.2. The predicted molar refractivity (Wildman–Crippen MR) is 69.4 cm³/mol. The first-order valence-electron chi connectivity index (χ1n) is 5.92. The second-order valence-corrected chi connectivity index (χ2v) is 5.34. The lowest BCUT2D eigenvalue weighted by molar-refractivity contribution is -0.884. The number of aliphatic carboxylic acids is 1. The van der Waals surface area contributed by atoms with Crippen molar-refractivity contribution in [2.45, 2.75) is 13.5 Å². The Hall–Kier alpha value is -1.39. The summed E-state index contributed by atoms with van der Waals surface area (Å²) in [5.74, 6) is -1.94. The molecule has 102 valence electrons. The Morgan fingerprint density at radius 3 is 2.06 bits per heavy atom. The van der Waals surface area contributed by atoms with Crippen LogP contribution in [0.25, 0.3) is 0 Å². The zero-order valence-electron chi connectivity index (χ0n) is 11.6. The molecule has 1 unspecified atom stereocenters. The molecule has 0 heterocycles. The first-order valence-corrected chi connectivity index (χ1v) is 5.92. The van der Waals surface area contributed by atoms with E-state index in [1.807, 2.05) is 0 Å². The number of carbonyl (C=O) groups excluding carboxylic acids is 1. The zero-order chi connectivity index (χ0) is 14.2. The summed E-state index contributed by atoms with van der Waals surface area (Å²) >= 11 is 0. The minimum atomic E-state index is -1.21. The van der Waals surface area contributed by atoms with Crippen molar-refractivity contribution in [1.29, 1.82) is 0 Å². The van der Waals surface area contributed by atoms with Gasteiger partial charge < -0.3 is 19.5 Å². The van der Waals surface area contributed by atoms with E-state index in [1.165, 1.54) is 12.5 Å². The Labute approximate surface area is 109 Å². The van der Waals surface area contributed by atoms with E-state index in [0.29, 0.717) is 0 Å². The number of rotatable bonds is 4. The molecule has 0 aliphatic carbocycles. The molecule has 1 rings (SSSR count). The molecule has 1 N–H and O–H groups in total. The van der Waals surface area contributed by atoms with Crippen LogP contribution < -0.4 is 5.11 Å². The van der Waals surface area contributed by atoms with E-state index in [-0.39, 0.29) is 6.61 Å². The van der Waals surface area contributed by atoms with Gasteiger partial charge in [-0.05, 0) is 0 Å². The molecule has 0 aromatic heterocycles. The van der Waals surface area contributed by atoms with Gasteiger partial charge in [0, 0.05) is 17.5 Å². The van der Waals surface area contributed by atoms with Crippen molar-refractivity contribution < 1.29 is 19.5 Å². The minimum Gasteiger partial charge on any atom is -0.550 e. The van der Waals surface area contributed by atoms with Gasteiger partial charge in [0.15, 0.2) is 0 Å². The summed E-state index contributed by atoms with van der Waals surface area (Å²) in [7, 11) is 6.60. The molecule has 0 spiro atoms. The fraction of sp³-hybridized carbons (Fsp3) is 0.500. The number of benzene rings is 1. The van der Waals surface area contributed by atoms with E-state index >= 15 is 0 Å². The first kappa shape index (κ1) is 16.6. The van der Waals surface area contributed by atoms with E-state index in [0.717, 1.165) is 11.0 Å². The van der Waals surface area contributed by atoms with Crippen LogP contribution in [0.3, 0.4) is 0 Å². The summed E-state index contributed by atoms with van der Waals surface area (Å²) in [5.41, 5.74) is 1.40. The highest BCUT2D eigenvalue weighted by molar-refractivity contribution is 5.67. The molecule has 18 heavy (non-hydrogen) atoms. The largest absolute Gasteiger partial charge is 0.550 e. The molecule has 1 aromatic carbocycles. The van der Waals surface area contributed by atoms with Crippen LogP contribution in [0.2, 0.25) is 0 Å². The molecule has 0 saturated carbocycles. The fourth-order valence-corrected chi connectivity index (χ4v) is 1.21. The van der Waals surface area contributed by atoms with Crippen molar-refractivity contribution in [3.05, 3.63) is 35.9 Å². The molecule has 0 fully saturated rings. The summed E-state index contributed by atoms with van der Waals surface area (Å²) in [4.78, 5) is 9.66. The molecule has 1 atom stereocenters. The average molecular weight is 253 g/mol. The Morgan fingerprint density at radius 1 is 1.28 bits per heavy atom. The number of nitrogens with zero attached hydrogens (tertiary/aromatic N) is 1. The van der Waals surface area contributed by atoms with Crippen molar-refractivity contribution in [3.8, 4) is 0 Å². The lowest BCUT2D eigenvalue weighted by Crippen LogP contribution is -2.33. The average Bonchev–Trinajstić information content (AvgIpc) is 2.27. The number of carboxylic acid groups (broad SMARTS) is 1. The van der Waals surface area contributed by atoms with Crippen LogP contribution in [0.1, 0.15) is 12.5 Å². The van der Waals surface area contributed by atoms with Crippen molar-refractivity contribution in [3.63, 3.8) is 0 Å². The van der Waals surface area contributed by atoms with Crippen molar-refractivity contribution in [2.24, 2.45) is 5.92 Å². The molecule has 4 heteroatoms. The smallest absolute Gasteiger partial charge is 0.104 e. The predicted octanol–water partition coefficient (Wildman–Crippen LogP) is 0.258. The van der Waals surface area contributed by atoms with Gasteiger partial charge in [0.1, 0.15) is 6.54 Å². The van der Waals surface area contributed by atoms with E-state index in [1.54, 1.807) is 0 Å². The molecule has 0 saturated heterocycles. The van der Waals surface area contributed by atoms with Crippen LogP contribution in [-0.2, 0) is 11.3 Å². The molecular weight excluding hydrogens is 230 g/mol. The lowest BCUT2D eigenvalue weighted by Gasteiger charge is -2.23. The third-order valence-electron chi connectivity index (χ3n) is 2.18. The number of hydrogen-bond acceptors (Lipinski definition) is 3. The Kier molecular flexibility index (Phi) is 7.24. The third kappa shape index (κ3) is 8.73. The van der Waals surface area contributed by atoms with Crippen LogP contribution in [0, 0.1) is 5.92 Å². The van der Waals surface area contributed by atoms with Gasteiger partial charge in [-0.15, -0.1) is 0 Å². The number of carbonyl (C=O) groups is 1. The van der Waals surface area contributed by atoms with Gasteiger partial charge in [-0.3, -0.25) is 0 Å². The van der Waals surface area contributed by atoms with Crippen LogP contribution in [-0.4, -0.2) is 43.3 Å². The number of hydrogen-bond donors (Lipinski definition) is 1. The van der Waals surface area contributed by atoms with Crippen LogP contribution in [0.15, 0.2) is 30.3 Å². The van der Waals surface area contributed by atoms with Crippen molar-refractivity contribution >= 4 is 5.97 Å². The highest BCUT2D eigenvalue weighted by Gasteiger charge is 2.06. The highest BCUT2D eigenvalue weighted by atomic mass is 16.4. The Morgan fingerprint density at radius 2 is 1.78 bits per heavy atom. The highest BCUT2D eigenvalue weighted by Crippen LogP contribution is 2.05. The molecule has 0 aliphatic rings. The fourth-order valence-electron chi connectivity index (χ4n) is 1.21. The van der Waals surface area contributed by atoms with Crippen LogP contribution in [0.4, 0.5) is 0 Å². The van der Waals surface area contributed by atoms with Gasteiger partial charge in [-0.1, -0.05) is 37.3 Å². The Balaban J connectivity index is 0.000000360. The van der Waals surface area contributed by atoms with E-state index < -0.39 is 11.9 Å². The number of quaternary nitrogens is 1. The van der Waals surface area contributed by atoms with Crippen molar-refractivity contribution in [1.82, 2.24) is 0 Å². The SMILES string of the molecule is CC(CO)C(=O)[O-].C[N+](C)(C)Cc1ccccc1. The van der Waals surface area contributed by atoms with Crippen LogP contribution >= 0.6 is 0 Å². The summed E-state index contributed by atoms with van der Waals surface area (Å²) in [6.45, 7) is 2.14. The summed E-state index contributed by atoms with van der Waals surface area (Å²) in [6, 6.07) is 10.6. The maximum atomic E-state index is 9.66. The maximum Gasteiger partial charge on any atom is 0.104 e. The van der Waals surface area contributed by atoms with Gasteiger partial charge in [0.25, 0.3) is 0 Å². The summed E-state index contributed by atoms with van der Waals surface area (Å²) in [5, 5.41) is 17.7. The second kappa shape index (κ2) is 7.84. The normalized spacial score (nSPS) is 12.3. The molecule has 0 radical (unpaired) electrons. The topological polar surface area (TPSA) is 60.4 Å². The van der Waals surface area contributed by atoms with E-state index in [4.69, 9.17) is 5.11 Å². The number of aliphatic hydroxyl groups is 1. The Bertz CT molecular complexity index is 344. The monoisotopic (exact) mass is 253 g/mol. The standard InChI is InChI=1S/C10H16N.C4H8O3/c1-11(2,3)9-10-7-5-4-6-8-10;1-3(2-5)4(6)7/h4-8H,9H2,1-3H3;3,5H,2H2,1H3,(H,6,7)/q+1;/p-1. The first-order chi connectivity index (χ1) is 8.26. The zero-order valence-corrected chi connectivity index (χ0v) is 11.6. The second-order valence-electron chi connectivity index (χ2n) is 5.34. The van der Waals surface area contributed by atoms with Crippen LogP contribution in [0.5, 0.6) is 0 Å². The molecule has 1 aromatic rings. The summed E-state index contributed by atoms with van der Waals surface area (Å²) < 4.78 is 0.990. The van der Waals surface area contributed by atoms with Gasteiger partial charge in [0.05, 0.1) is 27.7 Å². The van der Waals surface area contributed by atoms with Gasteiger partial charge in [0.2, 0.25) is 0 Å². The van der Waals surface area contributed by atoms with Crippen molar-refractivity contribution in [2.75, 3.05) is 27.7 Å². The number of carboxylic acids is 1. The minimum absolute atomic E-state index is 0.345. The van der Waals surface area contributed by atoms with Gasteiger partial charge in [-0.2, -0.15) is 0 Å². The summed E-state index contributed by atoms with van der Waals surface area (Å²) in [6.07, 6.45) is 0. The molecule has 0 aliphatic heterocycles. The quantitative estimate of drug-likeness (QED) is 0.783. The van der Waals surface area contributed by atoms with E-state index in [9.17, 15) is 9.90 Å². The van der Waals surface area contributed by atoms with E-state index in [2.05, 4.69) is 51.5 Å². The van der Waals surface area contributed by atoms with Gasteiger partial charge in [-0.25, -0.2) is 0 Å². The van der Waals surface area contributed by atoms with Gasteiger partial charge >= 0.3 is 0 Å². The third-order valence-corrected chi connectivity index (χ3v) is 2.18. The molecule has 4 nitrogen and oxygen atoms in total. The molecule has 0 amide bonds. The molecule has 0 bridgehead atoms. The molecular formula is C14H23NO3.